The number of carboxylic acids is 2. The molecule has 0 spiro atoms. The molecule has 242 valence electrons. The van der Waals surface area contributed by atoms with Crippen molar-refractivity contribution >= 4 is 22.9 Å². The van der Waals surface area contributed by atoms with Crippen molar-refractivity contribution in [3.8, 4) is 11.8 Å². The van der Waals surface area contributed by atoms with Gasteiger partial charge < -0.3 is 34.3 Å². The molecule has 12 nitrogen and oxygen atoms in total. The average molecular weight is 623 g/mol. The van der Waals surface area contributed by atoms with Gasteiger partial charge in [0.15, 0.2) is 11.9 Å². The molecule has 0 aliphatic carbocycles. The molecular formula is C33H42N4O8. The van der Waals surface area contributed by atoms with Crippen molar-refractivity contribution in [2.24, 2.45) is 5.92 Å². The molecule has 0 unspecified atom stereocenters. The Labute approximate surface area is 263 Å². The molecule has 2 fully saturated rings. The molecule has 0 bridgehead atoms. The third kappa shape index (κ3) is 11.3. The highest BCUT2D eigenvalue weighted by Gasteiger charge is 2.25. The molecule has 1 aromatic heterocycles. The smallest absolute Gasteiger partial charge is 0.328 e. The Morgan fingerprint density at radius 1 is 1.09 bits per heavy atom. The molecule has 0 radical (unpaired) electrons. The second-order valence-corrected chi connectivity index (χ2v) is 10.7. The van der Waals surface area contributed by atoms with Gasteiger partial charge in [-0.2, -0.15) is 5.26 Å². The summed E-state index contributed by atoms with van der Waals surface area (Å²) in [5.74, 6) is -1.05. The van der Waals surface area contributed by atoms with Crippen LogP contribution in [0.2, 0.25) is 0 Å². The minimum absolute atomic E-state index is 0.0451. The van der Waals surface area contributed by atoms with Crippen molar-refractivity contribution < 1.29 is 38.5 Å². The van der Waals surface area contributed by atoms with Crippen LogP contribution in [0.15, 0.2) is 53.1 Å². The minimum Gasteiger partial charge on any atom is -0.488 e. The van der Waals surface area contributed by atoms with Crippen LogP contribution in [0.5, 0.6) is 5.75 Å². The van der Waals surface area contributed by atoms with Crippen molar-refractivity contribution in [1.82, 2.24) is 15.4 Å². The molecule has 0 amide bonds. The van der Waals surface area contributed by atoms with Crippen LogP contribution in [-0.2, 0) is 32.1 Å². The molecule has 2 saturated heterocycles. The van der Waals surface area contributed by atoms with Crippen molar-refractivity contribution in [1.29, 1.82) is 5.26 Å². The van der Waals surface area contributed by atoms with Crippen molar-refractivity contribution in [3.63, 3.8) is 0 Å². The molecule has 2 aliphatic rings. The Kier molecular flexibility index (Phi) is 14.5. The number of aryl methyl sites for hydroxylation is 2. The lowest BCUT2D eigenvalue weighted by Crippen LogP contribution is -2.39. The molecule has 3 heterocycles. The number of nitriles is 1. The van der Waals surface area contributed by atoms with Crippen LogP contribution in [-0.4, -0.2) is 85.4 Å². The molecule has 45 heavy (non-hydrogen) atoms. The standard InChI is InChI=1S/C27H31N3O4.C4H4O4.C2H7N/c1-19-25(33-18-22-5-3-2-4-21(22)16-28)9-7-23-24(29-34-27(19)23)8-6-20-10-12-30(13-11-20)17-26-31-14-15-32-26;5-3(6)1-2-4(7)8;1-3-2/h2-5,7,9,20,26H,6,8,10-15,17-18H2,1H3;1-2H,(H,5,6)(H,7,8);3H,1-2H3. The molecule has 0 atom stereocenters. The second-order valence-electron chi connectivity index (χ2n) is 10.7. The first-order chi connectivity index (χ1) is 21.7. The first kappa shape index (κ1) is 35.2. The predicted molar refractivity (Wildman–Crippen MR) is 167 cm³/mol. The Bertz CT molecular complexity index is 1430. The van der Waals surface area contributed by atoms with Gasteiger partial charge >= 0.3 is 11.9 Å². The zero-order chi connectivity index (χ0) is 32.6. The quantitative estimate of drug-likeness (QED) is 0.277. The molecule has 0 saturated carbocycles. The Morgan fingerprint density at radius 2 is 1.73 bits per heavy atom. The molecule has 3 N–H and O–H groups in total. The van der Waals surface area contributed by atoms with Crippen LogP contribution in [0.4, 0.5) is 0 Å². The number of likely N-dealkylation sites (tertiary alicyclic amines) is 1. The number of carbonyl (C=O) groups is 2. The number of hydrogen-bond donors (Lipinski definition) is 3. The maximum atomic E-state index is 9.55. The van der Waals surface area contributed by atoms with Gasteiger partial charge in [-0.15, -0.1) is 0 Å². The molecule has 5 rings (SSSR count). The first-order valence-corrected chi connectivity index (χ1v) is 14.9. The van der Waals surface area contributed by atoms with Gasteiger partial charge in [0.1, 0.15) is 12.4 Å². The fourth-order valence-electron chi connectivity index (χ4n) is 5.08. The number of nitrogens with zero attached hydrogens (tertiary/aromatic N) is 3. The van der Waals surface area contributed by atoms with Crippen LogP contribution in [0, 0.1) is 24.2 Å². The van der Waals surface area contributed by atoms with E-state index in [1.807, 2.05) is 51.4 Å². The summed E-state index contributed by atoms with van der Waals surface area (Å²) in [4.78, 5) is 21.6. The highest BCUT2D eigenvalue weighted by Crippen LogP contribution is 2.32. The van der Waals surface area contributed by atoms with Gasteiger partial charge in [-0.3, -0.25) is 4.90 Å². The summed E-state index contributed by atoms with van der Waals surface area (Å²) in [6.45, 7) is 6.85. The van der Waals surface area contributed by atoms with Gasteiger partial charge in [0.25, 0.3) is 0 Å². The molecule has 2 aromatic carbocycles. The van der Waals surface area contributed by atoms with Gasteiger partial charge in [-0.25, -0.2) is 9.59 Å². The normalized spacial score (nSPS) is 15.6. The van der Waals surface area contributed by atoms with E-state index in [1.165, 1.54) is 12.8 Å². The highest BCUT2D eigenvalue weighted by atomic mass is 16.7. The van der Waals surface area contributed by atoms with Crippen LogP contribution in [0.1, 0.15) is 41.6 Å². The average Bonchev–Trinajstić information content (AvgIpc) is 3.71. The number of aromatic nitrogens is 1. The van der Waals surface area contributed by atoms with Crippen molar-refractivity contribution in [2.75, 3.05) is 46.9 Å². The number of aliphatic carboxylic acids is 2. The Balaban J connectivity index is 0.000000434. The Hall–Kier alpha value is -4.28. The SMILES string of the molecule is CNC.Cc1c(OCc2ccccc2C#N)ccc2c(CCC3CCN(CC4OCCO4)CC3)noc12.O=C(O)C=CC(=O)O. The van der Waals surface area contributed by atoms with Crippen LogP contribution in [0.3, 0.4) is 0 Å². The number of rotatable bonds is 10. The van der Waals surface area contributed by atoms with E-state index in [9.17, 15) is 14.9 Å². The number of benzene rings is 2. The monoisotopic (exact) mass is 622 g/mol. The fourth-order valence-corrected chi connectivity index (χ4v) is 5.08. The number of ether oxygens (including phenoxy) is 3. The third-order valence-corrected chi connectivity index (χ3v) is 7.40. The molecule has 3 aromatic rings. The van der Waals surface area contributed by atoms with Crippen molar-refractivity contribution in [2.45, 2.75) is 45.5 Å². The number of hydrogen-bond acceptors (Lipinski definition) is 10. The van der Waals surface area contributed by atoms with Crippen LogP contribution >= 0.6 is 0 Å². The van der Waals surface area contributed by atoms with Gasteiger partial charge in [0.2, 0.25) is 0 Å². The predicted octanol–water partition coefficient (Wildman–Crippen LogP) is 4.15. The summed E-state index contributed by atoms with van der Waals surface area (Å²) >= 11 is 0. The first-order valence-electron chi connectivity index (χ1n) is 14.9. The van der Waals surface area contributed by atoms with E-state index >= 15 is 0 Å². The van der Waals surface area contributed by atoms with Gasteiger partial charge in [-0.05, 0) is 83.9 Å². The van der Waals surface area contributed by atoms with E-state index in [0.717, 1.165) is 79.2 Å². The summed E-state index contributed by atoms with van der Waals surface area (Å²) < 4.78 is 22.9. The van der Waals surface area contributed by atoms with E-state index in [1.54, 1.807) is 6.07 Å². The summed E-state index contributed by atoms with van der Waals surface area (Å²) in [5.41, 5.74) is 4.25. The van der Waals surface area contributed by atoms with Crippen LogP contribution < -0.4 is 10.1 Å². The van der Waals surface area contributed by atoms with Crippen molar-refractivity contribution in [3.05, 3.63) is 70.9 Å². The summed E-state index contributed by atoms with van der Waals surface area (Å²) in [7, 11) is 3.75. The van der Waals surface area contributed by atoms with Gasteiger partial charge in [0.05, 0.1) is 30.5 Å². The summed E-state index contributed by atoms with van der Waals surface area (Å²) in [6.07, 6.45) is 5.50. The lowest BCUT2D eigenvalue weighted by atomic mass is 9.91. The van der Waals surface area contributed by atoms with Crippen LogP contribution in [0.25, 0.3) is 11.0 Å². The zero-order valence-electron chi connectivity index (χ0n) is 26.0. The number of piperidine rings is 1. The summed E-state index contributed by atoms with van der Waals surface area (Å²) in [6, 6.07) is 13.7. The zero-order valence-corrected chi connectivity index (χ0v) is 26.0. The van der Waals surface area contributed by atoms with E-state index < -0.39 is 11.9 Å². The largest absolute Gasteiger partial charge is 0.488 e. The lowest BCUT2D eigenvalue weighted by Gasteiger charge is -2.32. The minimum atomic E-state index is -1.26. The molecular weight excluding hydrogens is 580 g/mol. The topological polar surface area (TPSA) is 167 Å². The highest BCUT2D eigenvalue weighted by molar-refractivity contribution is 5.89. The van der Waals surface area contributed by atoms with E-state index in [-0.39, 0.29) is 6.29 Å². The van der Waals surface area contributed by atoms with E-state index in [0.29, 0.717) is 30.2 Å². The Morgan fingerprint density at radius 3 is 2.36 bits per heavy atom. The van der Waals surface area contributed by atoms with Gasteiger partial charge in [0, 0.05) is 35.2 Å². The lowest BCUT2D eigenvalue weighted by molar-refractivity contribution is -0.134. The number of nitrogens with one attached hydrogen (secondary N) is 1. The fraction of sp³-hybridized carbons (Fsp3) is 0.455. The maximum absolute atomic E-state index is 9.55. The van der Waals surface area contributed by atoms with E-state index in [2.05, 4.69) is 21.4 Å². The van der Waals surface area contributed by atoms with E-state index in [4.69, 9.17) is 28.9 Å². The summed E-state index contributed by atoms with van der Waals surface area (Å²) in [5, 5.41) is 33.1. The number of fused-ring (bicyclic) bond motifs is 1. The number of carboxylic acid groups (broad SMARTS) is 2. The molecule has 2 aliphatic heterocycles. The third-order valence-electron chi connectivity index (χ3n) is 7.40. The molecule has 12 heteroatoms. The van der Waals surface area contributed by atoms with Gasteiger partial charge in [-0.1, -0.05) is 23.4 Å². The maximum Gasteiger partial charge on any atom is 0.328 e. The second kappa shape index (κ2) is 18.5.